The van der Waals surface area contributed by atoms with Gasteiger partial charge in [-0.3, -0.25) is 4.57 Å². The first kappa shape index (κ1) is 10.2. The minimum atomic E-state index is 0.835. The SMILES string of the molecule is Cc1ncc(-c2nncn2-c2ccccc2)s1. The second-order valence-corrected chi connectivity index (χ2v) is 4.84. The van der Waals surface area contributed by atoms with E-state index in [-0.39, 0.29) is 0 Å². The van der Waals surface area contributed by atoms with Crippen LogP contribution in [0.3, 0.4) is 0 Å². The van der Waals surface area contributed by atoms with Gasteiger partial charge < -0.3 is 0 Å². The molecular weight excluding hydrogens is 232 g/mol. The first-order chi connectivity index (χ1) is 8.34. The van der Waals surface area contributed by atoms with Crippen LogP contribution in [0.25, 0.3) is 16.4 Å². The van der Waals surface area contributed by atoms with E-state index >= 15 is 0 Å². The first-order valence-corrected chi connectivity index (χ1v) is 6.04. The van der Waals surface area contributed by atoms with Crippen LogP contribution in [-0.2, 0) is 0 Å². The average molecular weight is 242 g/mol. The Balaban J connectivity index is 2.12. The van der Waals surface area contributed by atoms with Crippen molar-refractivity contribution in [3.63, 3.8) is 0 Å². The van der Waals surface area contributed by atoms with Crippen molar-refractivity contribution >= 4 is 11.3 Å². The highest BCUT2D eigenvalue weighted by Gasteiger charge is 2.10. The molecule has 0 unspecified atom stereocenters. The van der Waals surface area contributed by atoms with Gasteiger partial charge in [-0.15, -0.1) is 21.5 Å². The molecule has 17 heavy (non-hydrogen) atoms. The van der Waals surface area contributed by atoms with Crippen molar-refractivity contribution in [1.82, 2.24) is 19.7 Å². The summed E-state index contributed by atoms with van der Waals surface area (Å²) in [6, 6.07) is 10.0. The standard InChI is InChI=1S/C12H10N4S/c1-9-13-7-11(17-9)12-15-14-8-16(12)10-5-3-2-4-6-10/h2-8H,1H3. The number of aromatic nitrogens is 4. The highest BCUT2D eigenvalue weighted by Crippen LogP contribution is 2.25. The molecule has 1 aromatic carbocycles. The van der Waals surface area contributed by atoms with Crippen molar-refractivity contribution in [2.24, 2.45) is 0 Å². The van der Waals surface area contributed by atoms with Crippen molar-refractivity contribution in [1.29, 1.82) is 0 Å². The van der Waals surface area contributed by atoms with Crippen LogP contribution in [0.15, 0.2) is 42.9 Å². The molecule has 3 aromatic rings. The maximum absolute atomic E-state index is 4.24. The molecule has 2 aromatic heterocycles. The van der Waals surface area contributed by atoms with E-state index in [1.807, 2.05) is 48.0 Å². The van der Waals surface area contributed by atoms with Crippen LogP contribution in [0.5, 0.6) is 0 Å². The molecule has 0 saturated carbocycles. The number of rotatable bonds is 2. The number of thiazole rings is 1. The van der Waals surface area contributed by atoms with Gasteiger partial charge in [0.25, 0.3) is 0 Å². The predicted molar refractivity (Wildman–Crippen MR) is 67.2 cm³/mol. The predicted octanol–water partition coefficient (Wildman–Crippen LogP) is 2.70. The van der Waals surface area contributed by atoms with Crippen molar-refractivity contribution in [2.75, 3.05) is 0 Å². The monoisotopic (exact) mass is 242 g/mol. The molecule has 0 atom stereocenters. The zero-order chi connectivity index (χ0) is 11.7. The Labute approximate surface area is 103 Å². The molecule has 0 spiro atoms. The third-order valence-electron chi connectivity index (χ3n) is 2.42. The number of para-hydroxylation sites is 1. The molecule has 4 nitrogen and oxygen atoms in total. The Morgan fingerprint density at radius 2 is 2.00 bits per heavy atom. The van der Waals surface area contributed by atoms with E-state index in [0.717, 1.165) is 21.4 Å². The van der Waals surface area contributed by atoms with E-state index in [9.17, 15) is 0 Å². The highest BCUT2D eigenvalue weighted by molar-refractivity contribution is 7.14. The molecule has 0 saturated heterocycles. The molecule has 0 aliphatic carbocycles. The number of aryl methyl sites for hydroxylation is 1. The fourth-order valence-electron chi connectivity index (χ4n) is 1.65. The number of hydrogen-bond donors (Lipinski definition) is 0. The van der Waals surface area contributed by atoms with E-state index in [0.29, 0.717) is 0 Å². The summed E-state index contributed by atoms with van der Waals surface area (Å²) in [7, 11) is 0. The lowest BCUT2D eigenvalue weighted by Gasteiger charge is -2.03. The molecule has 0 bridgehead atoms. The van der Waals surface area contributed by atoms with Crippen LogP contribution in [0.1, 0.15) is 5.01 Å². The molecule has 0 aliphatic heterocycles. The summed E-state index contributed by atoms with van der Waals surface area (Å²) in [5, 5.41) is 9.17. The van der Waals surface area contributed by atoms with Crippen molar-refractivity contribution < 1.29 is 0 Å². The van der Waals surface area contributed by atoms with Crippen LogP contribution >= 0.6 is 11.3 Å². The Kier molecular flexibility index (Phi) is 2.45. The lowest BCUT2D eigenvalue weighted by molar-refractivity contribution is 1.07. The topological polar surface area (TPSA) is 43.6 Å². The number of nitrogens with zero attached hydrogens (tertiary/aromatic N) is 4. The molecule has 0 radical (unpaired) electrons. The van der Waals surface area contributed by atoms with E-state index in [1.54, 1.807) is 17.7 Å². The van der Waals surface area contributed by atoms with Gasteiger partial charge in [0.2, 0.25) is 0 Å². The Morgan fingerprint density at radius 1 is 1.18 bits per heavy atom. The minimum Gasteiger partial charge on any atom is -0.281 e. The molecule has 3 rings (SSSR count). The Hall–Kier alpha value is -2.01. The van der Waals surface area contributed by atoms with Gasteiger partial charge in [0.15, 0.2) is 5.82 Å². The number of benzene rings is 1. The minimum absolute atomic E-state index is 0.835. The summed E-state index contributed by atoms with van der Waals surface area (Å²) in [4.78, 5) is 5.28. The van der Waals surface area contributed by atoms with Crippen molar-refractivity contribution in [3.05, 3.63) is 47.9 Å². The van der Waals surface area contributed by atoms with Gasteiger partial charge in [-0.05, 0) is 19.1 Å². The van der Waals surface area contributed by atoms with Gasteiger partial charge in [-0.1, -0.05) is 18.2 Å². The summed E-state index contributed by atoms with van der Waals surface area (Å²) in [6.07, 6.45) is 3.56. The maximum Gasteiger partial charge on any atom is 0.180 e. The fourth-order valence-corrected chi connectivity index (χ4v) is 2.40. The summed E-state index contributed by atoms with van der Waals surface area (Å²) in [6.45, 7) is 1.98. The normalized spacial score (nSPS) is 10.6. The molecule has 84 valence electrons. The largest absolute Gasteiger partial charge is 0.281 e. The zero-order valence-electron chi connectivity index (χ0n) is 9.24. The van der Waals surface area contributed by atoms with E-state index in [4.69, 9.17) is 0 Å². The Morgan fingerprint density at radius 3 is 2.71 bits per heavy atom. The third-order valence-corrected chi connectivity index (χ3v) is 3.33. The lowest BCUT2D eigenvalue weighted by Crippen LogP contribution is -1.94. The lowest BCUT2D eigenvalue weighted by atomic mass is 10.3. The van der Waals surface area contributed by atoms with Crippen LogP contribution < -0.4 is 0 Å². The number of hydrogen-bond acceptors (Lipinski definition) is 4. The van der Waals surface area contributed by atoms with Crippen LogP contribution in [0.2, 0.25) is 0 Å². The Bertz CT molecular complexity index is 627. The molecule has 2 heterocycles. The van der Waals surface area contributed by atoms with Crippen LogP contribution in [0.4, 0.5) is 0 Å². The summed E-state index contributed by atoms with van der Waals surface area (Å²) in [5.74, 6) is 0.835. The fraction of sp³-hybridized carbons (Fsp3) is 0.0833. The van der Waals surface area contributed by atoms with E-state index in [2.05, 4.69) is 15.2 Å². The van der Waals surface area contributed by atoms with Crippen LogP contribution in [-0.4, -0.2) is 19.7 Å². The van der Waals surface area contributed by atoms with Gasteiger partial charge in [0.1, 0.15) is 6.33 Å². The van der Waals surface area contributed by atoms with Crippen molar-refractivity contribution in [3.8, 4) is 16.4 Å². The second-order valence-electron chi connectivity index (χ2n) is 3.60. The van der Waals surface area contributed by atoms with E-state index < -0.39 is 0 Å². The first-order valence-electron chi connectivity index (χ1n) is 5.23. The smallest absolute Gasteiger partial charge is 0.180 e. The van der Waals surface area contributed by atoms with Gasteiger partial charge >= 0.3 is 0 Å². The zero-order valence-corrected chi connectivity index (χ0v) is 10.1. The molecule has 0 N–H and O–H groups in total. The summed E-state index contributed by atoms with van der Waals surface area (Å²) < 4.78 is 1.97. The van der Waals surface area contributed by atoms with Gasteiger partial charge in [-0.25, -0.2) is 4.98 Å². The summed E-state index contributed by atoms with van der Waals surface area (Å²) in [5.41, 5.74) is 1.05. The van der Waals surface area contributed by atoms with E-state index in [1.165, 1.54) is 0 Å². The highest BCUT2D eigenvalue weighted by atomic mass is 32.1. The molecule has 0 fully saturated rings. The summed E-state index contributed by atoms with van der Waals surface area (Å²) >= 11 is 1.62. The quantitative estimate of drug-likeness (QED) is 0.694. The average Bonchev–Trinajstić information content (AvgIpc) is 2.98. The third kappa shape index (κ3) is 1.85. The molecule has 0 aliphatic rings. The molecule has 5 heteroatoms. The molecule has 0 amide bonds. The maximum atomic E-state index is 4.24. The van der Waals surface area contributed by atoms with Gasteiger partial charge in [-0.2, -0.15) is 0 Å². The molecular formula is C12H10N4S. The second kappa shape index (κ2) is 4.10. The van der Waals surface area contributed by atoms with Gasteiger partial charge in [0, 0.05) is 11.9 Å². The van der Waals surface area contributed by atoms with Crippen molar-refractivity contribution in [2.45, 2.75) is 6.92 Å². The van der Waals surface area contributed by atoms with Gasteiger partial charge in [0.05, 0.1) is 9.88 Å². The van der Waals surface area contributed by atoms with Crippen LogP contribution in [0, 0.1) is 6.92 Å².